The van der Waals surface area contributed by atoms with Crippen molar-refractivity contribution in [1.82, 2.24) is 0 Å². The molecule has 8 aromatic carbocycles. The summed E-state index contributed by atoms with van der Waals surface area (Å²) in [5.74, 6) is -0.351. The lowest BCUT2D eigenvalue weighted by molar-refractivity contribution is 0.0127. The van der Waals surface area contributed by atoms with E-state index in [1.807, 2.05) is 121 Å². The first-order valence-electron chi connectivity index (χ1n) is 22.1. The molecule has 0 aliphatic heterocycles. The Balaban J connectivity index is 0.937. The van der Waals surface area contributed by atoms with Crippen molar-refractivity contribution >= 4 is 22.9 Å². The number of nitrogens with one attached hydrogen (secondary N) is 2. The summed E-state index contributed by atoms with van der Waals surface area (Å²) in [6, 6.07) is 72.9. The van der Waals surface area contributed by atoms with Crippen molar-refractivity contribution in [2.24, 2.45) is 0 Å². The number of hydrogen-bond donors (Lipinski definition) is 2. The fraction of sp³-hybridized carbons (Fsp3) is 0.138. The maximum atomic E-state index is 14.3. The highest BCUT2D eigenvalue weighted by Gasteiger charge is 2.39. The molecular formula is C58H50N2O4. The molecule has 0 fully saturated rings. The smallest absolute Gasteiger partial charge is 0.196 e. The average Bonchev–Trinajstić information content (AvgIpc) is 3.37. The van der Waals surface area contributed by atoms with E-state index < -0.39 is 11.2 Å². The molecule has 0 aromatic heterocycles. The van der Waals surface area contributed by atoms with Crippen LogP contribution in [0.15, 0.2) is 218 Å². The van der Waals surface area contributed by atoms with Crippen LogP contribution in [-0.2, 0) is 20.7 Å². The van der Waals surface area contributed by atoms with Gasteiger partial charge < -0.3 is 20.1 Å². The molecule has 1 aliphatic carbocycles. The molecule has 0 amide bonds. The lowest BCUT2D eigenvalue weighted by atomic mass is 9.80. The van der Waals surface area contributed by atoms with Gasteiger partial charge in [-0.25, -0.2) is 0 Å². The fourth-order valence-electron chi connectivity index (χ4n) is 9.10. The van der Waals surface area contributed by atoms with Crippen LogP contribution in [0, 0.1) is 0 Å². The lowest BCUT2D eigenvalue weighted by Gasteiger charge is -2.36. The molecule has 0 bridgehead atoms. The Hall–Kier alpha value is -7.38. The minimum absolute atomic E-state index is 0.175. The number of benzene rings is 8. The van der Waals surface area contributed by atoms with Crippen LogP contribution in [0.3, 0.4) is 0 Å². The van der Waals surface area contributed by atoms with Crippen molar-refractivity contribution < 1.29 is 19.1 Å². The maximum Gasteiger partial charge on any atom is 0.196 e. The van der Waals surface area contributed by atoms with Crippen LogP contribution >= 0.6 is 0 Å². The number of carbonyl (C=O) groups is 2. The molecule has 0 radical (unpaired) electrons. The van der Waals surface area contributed by atoms with E-state index in [4.69, 9.17) is 9.47 Å². The minimum atomic E-state index is -0.834. The van der Waals surface area contributed by atoms with Crippen LogP contribution in [0.2, 0.25) is 0 Å². The van der Waals surface area contributed by atoms with Crippen LogP contribution in [0.4, 0.5) is 11.4 Å². The lowest BCUT2D eigenvalue weighted by Crippen LogP contribution is -2.33. The number of ketones is 2. The molecule has 6 heteroatoms. The standard InChI is InChI=1S/C58H50N2O4/c61-55-49-35-19-20-36-50(49)56(62)54-52(60-40-22-42-64-58(46-29-13-4-14-30-46,47-31-15-5-16-32-47)48-33-17-6-18-34-48)38-37-51(53(54)55)59-39-21-41-63-57(43-23-7-1-8-24-43,44-25-9-2-10-26-44)45-27-11-3-12-28-45/h1-20,23-38,59-60H,21-22,39-42H2. The minimum Gasteiger partial charge on any atom is -0.384 e. The Bertz CT molecular complexity index is 2410. The van der Waals surface area contributed by atoms with Gasteiger partial charge in [-0.05, 0) is 58.4 Å². The Morgan fingerprint density at radius 2 is 0.578 bits per heavy atom. The number of rotatable bonds is 18. The van der Waals surface area contributed by atoms with Crippen LogP contribution in [0.5, 0.6) is 0 Å². The zero-order valence-corrected chi connectivity index (χ0v) is 35.7. The highest BCUT2D eigenvalue weighted by molar-refractivity contribution is 6.31. The molecule has 0 heterocycles. The number of ether oxygens (including phenoxy) is 2. The molecular weight excluding hydrogens is 789 g/mol. The third-order valence-electron chi connectivity index (χ3n) is 12.1. The summed E-state index contributed by atoms with van der Waals surface area (Å²) in [5.41, 5.74) is 7.39. The number of fused-ring (bicyclic) bond motifs is 2. The van der Waals surface area contributed by atoms with Crippen LogP contribution in [0.25, 0.3) is 0 Å². The van der Waals surface area contributed by atoms with E-state index in [0.29, 0.717) is 72.8 Å². The number of hydrogen-bond acceptors (Lipinski definition) is 6. The molecule has 0 atom stereocenters. The van der Waals surface area contributed by atoms with Gasteiger partial charge in [0.1, 0.15) is 11.2 Å². The first-order chi connectivity index (χ1) is 31.6. The van der Waals surface area contributed by atoms with Crippen molar-refractivity contribution in [2.45, 2.75) is 24.0 Å². The van der Waals surface area contributed by atoms with Crippen molar-refractivity contribution in [3.8, 4) is 0 Å². The largest absolute Gasteiger partial charge is 0.384 e. The molecule has 0 saturated heterocycles. The van der Waals surface area contributed by atoms with Gasteiger partial charge >= 0.3 is 0 Å². The summed E-state index contributed by atoms with van der Waals surface area (Å²) in [4.78, 5) is 28.7. The zero-order chi connectivity index (χ0) is 43.6. The van der Waals surface area contributed by atoms with E-state index in [1.54, 1.807) is 24.3 Å². The highest BCUT2D eigenvalue weighted by atomic mass is 16.5. The molecule has 8 aromatic rings. The predicted molar refractivity (Wildman–Crippen MR) is 256 cm³/mol. The summed E-state index contributed by atoms with van der Waals surface area (Å²) < 4.78 is 14.0. The SMILES string of the molecule is O=C1c2ccccc2C(=O)c2c(NCCCOC(c3ccccc3)(c3ccccc3)c3ccccc3)ccc(NCCCOC(c3ccccc3)(c3ccccc3)c3ccccc3)c21. The third-order valence-corrected chi connectivity index (χ3v) is 12.1. The van der Waals surface area contributed by atoms with Crippen molar-refractivity contribution in [1.29, 1.82) is 0 Å². The number of carbonyl (C=O) groups excluding carboxylic acids is 2. The molecule has 0 saturated carbocycles. The normalized spacial score (nSPS) is 12.3. The summed E-state index contributed by atoms with van der Waals surface area (Å²) in [5, 5.41) is 7.05. The third kappa shape index (κ3) is 8.17. The van der Waals surface area contributed by atoms with Gasteiger partial charge in [0.15, 0.2) is 11.6 Å². The van der Waals surface area contributed by atoms with Crippen molar-refractivity contribution in [3.63, 3.8) is 0 Å². The Labute approximate surface area is 375 Å². The fourth-order valence-corrected chi connectivity index (χ4v) is 9.10. The first-order valence-corrected chi connectivity index (χ1v) is 22.1. The van der Waals surface area contributed by atoms with Gasteiger partial charge in [0.25, 0.3) is 0 Å². The zero-order valence-electron chi connectivity index (χ0n) is 35.7. The molecule has 1 aliphatic rings. The second-order valence-electron chi connectivity index (χ2n) is 15.9. The summed E-state index contributed by atoms with van der Waals surface area (Å²) in [6.45, 7) is 1.87. The van der Waals surface area contributed by atoms with E-state index in [-0.39, 0.29) is 11.6 Å². The van der Waals surface area contributed by atoms with Gasteiger partial charge in [-0.1, -0.05) is 206 Å². The maximum absolute atomic E-state index is 14.3. The summed E-state index contributed by atoms with van der Waals surface area (Å²) in [6.07, 6.45) is 1.27. The van der Waals surface area contributed by atoms with E-state index in [9.17, 15) is 9.59 Å². The Kier molecular flexibility index (Phi) is 12.7. The number of anilines is 2. The van der Waals surface area contributed by atoms with Gasteiger partial charge in [0.05, 0.1) is 24.3 Å². The molecule has 64 heavy (non-hydrogen) atoms. The van der Waals surface area contributed by atoms with E-state index in [1.165, 1.54) is 0 Å². The monoisotopic (exact) mass is 838 g/mol. The second-order valence-corrected chi connectivity index (χ2v) is 15.9. The van der Waals surface area contributed by atoms with E-state index >= 15 is 0 Å². The van der Waals surface area contributed by atoms with Crippen molar-refractivity contribution in [2.75, 3.05) is 36.9 Å². The second kappa shape index (κ2) is 19.3. The van der Waals surface area contributed by atoms with E-state index in [2.05, 4.69) is 83.4 Å². The Morgan fingerprint density at radius 3 is 0.844 bits per heavy atom. The predicted octanol–water partition coefficient (Wildman–Crippen LogP) is 12.1. The average molecular weight is 839 g/mol. The van der Waals surface area contributed by atoms with E-state index in [0.717, 1.165) is 33.4 Å². The van der Waals surface area contributed by atoms with Gasteiger partial charge in [0, 0.05) is 35.6 Å². The summed E-state index contributed by atoms with van der Waals surface area (Å²) in [7, 11) is 0. The molecule has 0 unspecified atom stereocenters. The van der Waals surface area contributed by atoms with Crippen LogP contribution in [0.1, 0.15) is 78.1 Å². The first kappa shape index (κ1) is 41.9. The molecule has 6 nitrogen and oxygen atoms in total. The topological polar surface area (TPSA) is 76.7 Å². The Morgan fingerprint density at radius 1 is 0.328 bits per heavy atom. The molecule has 9 rings (SSSR count). The highest BCUT2D eigenvalue weighted by Crippen LogP contribution is 2.42. The summed E-state index contributed by atoms with van der Waals surface area (Å²) >= 11 is 0. The van der Waals surface area contributed by atoms with Gasteiger partial charge in [-0.3, -0.25) is 9.59 Å². The molecule has 2 N–H and O–H groups in total. The molecule has 0 spiro atoms. The van der Waals surface area contributed by atoms with Gasteiger partial charge in [-0.15, -0.1) is 0 Å². The van der Waals surface area contributed by atoms with Gasteiger partial charge in [0.2, 0.25) is 0 Å². The quantitative estimate of drug-likeness (QED) is 0.0662. The van der Waals surface area contributed by atoms with Gasteiger partial charge in [-0.2, -0.15) is 0 Å². The molecule has 316 valence electrons. The van der Waals surface area contributed by atoms with Crippen molar-refractivity contribution in [3.05, 3.63) is 274 Å². The van der Waals surface area contributed by atoms with Crippen LogP contribution in [-0.4, -0.2) is 37.9 Å². The van der Waals surface area contributed by atoms with Crippen LogP contribution < -0.4 is 10.6 Å².